The average Bonchev–Trinajstić information content (AvgIpc) is 2.63. The molecule has 138 valence electrons. The van der Waals surface area contributed by atoms with Crippen molar-refractivity contribution in [2.75, 3.05) is 24.2 Å². The largest absolute Gasteiger partial charge is 0.484 e. The van der Waals surface area contributed by atoms with E-state index in [0.717, 1.165) is 5.75 Å². The Balaban J connectivity index is 1.71. The molecule has 0 aliphatic rings. The summed E-state index contributed by atoms with van der Waals surface area (Å²) in [6.45, 7) is 4.47. The molecule has 0 aliphatic heterocycles. The number of rotatable bonds is 9. The molecule has 0 spiro atoms. The fraction of sp³-hybridized carbons (Fsp3) is 0.300. The maximum atomic E-state index is 12.0. The molecule has 26 heavy (non-hydrogen) atoms. The molecule has 2 aromatic carbocycles. The predicted octanol–water partition coefficient (Wildman–Crippen LogP) is 3.38. The van der Waals surface area contributed by atoms with Gasteiger partial charge in [0.05, 0.1) is 5.75 Å². The molecule has 0 aromatic heterocycles. The van der Waals surface area contributed by atoms with E-state index in [9.17, 15) is 9.59 Å². The van der Waals surface area contributed by atoms with E-state index in [4.69, 9.17) is 4.74 Å². The summed E-state index contributed by atoms with van der Waals surface area (Å²) in [6.07, 6.45) is 0. The molecule has 0 saturated heterocycles. The van der Waals surface area contributed by atoms with Crippen molar-refractivity contribution in [2.45, 2.75) is 19.6 Å². The molecular weight excluding hydrogens is 348 g/mol. The standard InChI is InChI=1S/C20H24N2O3S/c1-3-21-19(23)12-25-18-10-8-17(9-11-18)22-20(24)14-26-13-16-6-4-15(2)5-7-16/h4-11H,3,12-14H2,1-2H3,(H,21,23)(H,22,24). The van der Waals surface area contributed by atoms with E-state index in [1.807, 2.05) is 6.92 Å². The number of benzene rings is 2. The molecule has 2 aromatic rings. The van der Waals surface area contributed by atoms with Gasteiger partial charge < -0.3 is 15.4 Å². The third kappa shape index (κ3) is 7.19. The number of amides is 2. The summed E-state index contributed by atoms with van der Waals surface area (Å²) in [5, 5.41) is 5.52. The van der Waals surface area contributed by atoms with Gasteiger partial charge >= 0.3 is 0 Å². The smallest absolute Gasteiger partial charge is 0.257 e. The summed E-state index contributed by atoms with van der Waals surface area (Å²) in [7, 11) is 0. The predicted molar refractivity (Wildman–Crippen MR) is 107 cm³/mol. The second-order valence-electron chi connectivity index (χ2n) is 5.79. The minimum Gasteiger partial charge on any atom is -0.484 e. The van der Waals surface area contributed by atoms with Crippen molar-refractivity contribution in [2.24, 2.45) is 0 Å². The fourth-order valence-electron chi connectivity index (χ4n) is 2.17. The summed E-state index contributed by atoms with van der Waals surface area (Å²) in [6, 6.07) is 15.3. The Morgan fingerprint density at radius 1 is 1.00 bits per heavy atom. The van der Waals surface area contributed by atoms with Gasteiger partial charge in [-0.2, -0.15) is 0 Å². The van der Waals surface area contributed by atoms with Crippen LogP contribution in [0, 0.1) is 6.92 Å². The number of ether oxygens (including phenoxy) is 1. The zero-order chi connectivity index (χ0) is 18.8. The molecule has 2 amide bonds. The molecule has 0 saturated carbocycles. The van der Waals surface area contributed by atoms with Crippen molar-refractivity contribution in [3.8, 4) is 5.75 Å². The minimum atomic E-state index is -0.157. The highest BCUT2D eigenvalue weighted by Crippen LogP contribution is 2.17. The van der Waals surface area contributed by atoms with Gasteiger partial charge in [-0.1, -0.05) is 29.8 Å². The van der Waals surface area contributed by atoms with Crippen LogP contribution < -0.4 is 15.4 Å². The van der Waals surface area contributed by atoms with Gasteiger partial charge in [0.15, 0.2) is 6.61 Å². The van der Waals surface area contributed by atoms with E-state index in [-0.39, 0.29) is 18.4 Å². The Morgan fingerprint density at radius 3 is 2.35 bits per heavy atom. The van der Waals surface area contributed by atoms with E-state index < -0.39 is 0 Å². The van der Waals surface area contributed by atoms with Crippen LogP contribution in [0.2, 0.25) is 0 Å². The van der Waals surface area contributed by atoms with Crippen molar-refractivity contribution in [1.82, 2.24) is 5.32 Å². The monoisotopic (exact) mass is 372 g/mol. The molecule has 0 radical (unpaired) electrons. The molecule has 0 heterocycles. The van der Waals surface area contributed by atoms with Crippen LogP contribution in [0.4, 0.5) is 5.69 Å². The Bertz CT molecular complexity index is 715. The highest BCUT2D eigenvalue weighted by atomic mass is 32.2. The second-order valence-corrected chi connectivity index (χ2v) is 6.78. The summed E-state index contributed by atoms with van der Waals surface area (Å²) in [5.41, 5.74) is 3.15. The number of hydrogen-bond acceptors (Lipinski definition) is 4. The lowest BCUT2D eigenvalue weighted by molar-refractivity contribution is -0.123. The number of carbonyl (C=O) groups excluding carboxylic acids is 2. The Morgan fingerprint density at radius 2 is 1.69 bits per heavy atom. The van der Waals surface area contributed by atoms with E-state index >= 15 is 0 Å². The van der Waals surface area contributed by atoms with Crippen LogP contribution in [-0.4, -0.2) is 30.7 Å². The molecule has 0 unspecified atom stereocenters. The first-order valence-corrected chi connectivity index (χ1v) is 9.65. The van der Waals surface area contributed by atoms with Gasteiger partial charge in [-0.3, -0.25) is 9.59 Å². The third-order valence-corrected chi connectivity index (χ3v) is 4.51. The topological polar surface area (TPSA) is 67.4 Å². The molecule has 2 rings (SSSR count). The van der Waals surface area contributed by atoms with Crippen molar-refractivity contribution < 1.29 is 14.3 Å². The van der Waals surface area contributed by atoms with Gasteiger partial charge in [-0.05, 0) is 43.7 Å². The highest BCUT2D eigenvalue weighted by Gasteiger charge is 2.05. The molecule has 0 bridgehead atoms. The van der Waals surface area contributed by atoms with Gasteiger partial charge in [-0.15, -0.1) is 11.8 Å². The van der Waals surface area contributed by atoms with Gasteiger partial charge in [0.25, 0.3) is 5.91 Å². The Hall–Kier alpha value is -2.47. The summed E-state index contributed by atoms with van der Waals surface area (Å²) in [5.74, 6) is 1.58. The lowest BCUT2D eigenvalue weighted by Crippen LogP contribution is -2.28. The van der Waals surface area contributed by atoms with Crippen LogP contribution in [-0.2, 0) is 15.3 Å². The van der Waals surface area contributed by atoms with E-state index in [1.54, 1.807) is 36.0 Å². The number of anilines is 1. The lowest BCUT2D eigenvalue weighted by Gasteiger charge is -2.08. The quantitative estimate of drug-likeness (QED) is 0.708. The minimum absolute atomic E-state index is 0.0187. The third-order valence-electron chi connectivity index (χ3n) is 3.50. The Kier molecular flexibility index (Phi) is 8.02. The molecule has 0 fully saturated rings. The van der Waals surface area contributed by atoms with Gasteiger partial charge in [0.2, 0.25) is 5.91 Å². The lowest BCUT2D eigenvalue weighted by atomic mass is 10.2. The second kappa shape index (κ2) is 10.5. The van der Waals surface area contributed by atoms with Crippen LogP contribution >= 0.6 is 11.8 Å². The van der Waals surface area contributed by atoms with Crippen molar-refractivity contribution in [3.63, 3.8) is 0 Å². The number of aryl methyl sites for hydroxylation is 1. The maximum absolute atomic E-state index is 12.0. The molecule has 0 aliphatic carbocycles. The first kappa shape index (κ1) is 19.8. The fourth-order valence-corrected chi connectivity index (χ4v) is 2.96. The number of hydrogen-bond donors (Lipinski definition) is 2. The highest BCUT2D eigenvalue weighted by molar-refractivity contribution is 7.99. The van der Waals surface area contributed by atoms with Crippen LogP contribution in [0.1, 0.15) is 18.1 Å². The maximum Gasteiger partial charge on any atom is 0.257 e. The molecular formula is C20H24N2O3S. The summed E-state index contributed by atoms with van der Waals surface area (Å²) in [4.78, 5) is 23.4. The van der Waals surface area contributed by atoms with Crippen LogP contribution in [0.3, 0.4) is 0 Å². The number of carbonyl (C=O) groups is 2. The van der Waals surface area contributed by atoms with E-state index in [0.29, 0.717) is 23.7 Å². The molecule has 2 N–H and O–H groups in total. The molecule has 0 atom stereocenters. The first-order chi connectivity index (χ1) is 12.6. The first-order valence-electron chi connectivity index (χ1n) is 8.49. The molecule has 6 heteroatoms. The van der Waals surface area contributed by atoms with Gasteiger partial charge in [0, 0.05) is 18.0 Å². The zero-order valence-electron chi connectivity index (χ0n) is 15.1. The number of likely N-dealkylation sites (N-methyl/N-ethyl adjacent to an activating group) is 1. The number of nitrogens with one attached hydrogen (secondary N) is 2. The van der Waals surface area contributed by atoms with Crippen LogP contribution in [0.5, 0.6) is 5.75 Å². The summed E-state index contributed by atoms with van der Waals surface area (Å²) < 4.78 is 5.37. The molecule has 5 nitrogen and oxygen atoms in total. The van der Waals surface area contributed by atoms with Crippen molar-refractivity contribution in [1.29, 1.82) is 0 Å². The van der Waals surface area contributed by atoms with E-state index in [2.05, 4.69) is 41.8 Å². The average molecular weight is 372 g/mol. The van der Waals surface area contributed by atoms with Crippen LogP contribution in [0.25, 0.3) is 0 Å². The van der Waals surface area contributed by atoms with Crippen molar-refractivity contribution in [3.05, 3.63) is 59.7 Å². The normalized spacial score (nSPS) is 10.2. The Labute approximate surface area is 158 Å². The SMILES string of the molecule is CCNC(=O)COc1ccc(NC(=O)CSCc2ccc(C)cc2)cc1. The van der Waals surface area contributed by atoms with Crippen LogP contribution in [0.15, 0.2) is 48.5 Å². The summed E-state index contributed by atoms with van der Waals surface area (Å²) >= 11 is 1.58. The van der Waals surface area contributed by atoms with E-state index in [1.165, 1.54) is 11.1 Å². The number of thioether (sulfide) groups is 1. The van der Waals surface area contributed by atoms with Crippen molar-refractivity contribution >= 4 is 29.3 Å². The zero-order valence-corrected chi connectivity index (χ0v) is 15.9. The van der Waals surface area contributed by atoms with Gasteiger partial charge in [0.1, 0.15) is 5.75 Å². The van der Waals surface area contributed by atoms with Gasteiger partial charge in [-0.25, -0.2) is 0 Å².